The third-order valence-corrected chi connectivity index (χ3v) is 18.2. The van der Waals surface area contributed by atoms with E-state index in [1.165, 1.54) is 385 Å². The molecule has 8 N–H and O–H groups in total. The van der Waals surface area contributed by atoms with Gasteiger partial charge in [0.25, 0.3) is 0 Å². The number of carbonyl (C=O) groups is 4. The molecule has 0 aromatic heterocycles. The first-order chi connectivity index (χ1) is 41.3. The molecule has 0 aliphatic carbocycles. The standard InChI is InChI=1S/2C38H76N2O2/c2*39-37(41)35-33-31-29-27-25-23-21-19-17-15-13-11-9-7-5-3-1-2-4-6-8-10-12-14-16-18-20-22-24-26-28-30-32-34-36-38(40)42/h2*1-36H2,(H2,39,41)(H2,40,42). The van der Waals surface area contributed by atoms with Crippen molar-refractivity contribution in [1.82, 2.24) is 0 Å². The Bertz CT molecular complexity index is 1100. The van der Waals surface area contributed by atoms with E-state index in [0.29, 0.717) is 25.7 Å². The van der Waals surface area contributed by atoms with Crippen molar-refractivity contribution in [2.24, 2.45) is 22.9 Å². The summed E-state index contributed by atoms with van der Waals surface area (Å²) in [4.78, 5) is 42.8. The average molecular weight is 1190 g/mol. The maximum Gasteiger partial charge on any atom is 0.217 e. The van der Waals surface area contributed by atoms with Crippen LogP contribution in [-0.4, -0.2) is 23.6 Å². The van der Waals surface area contributed by atoms with Gasteiger partial charge in [-0.2, -0.15) is 0 Å². The van der Waals surface area contributed by atoms with Crippen LogP contribution in [0.25, 0.3) is 0 Å². The molecule has 8 heteroatoms. The summed E-state index contributed by atoms with van der Waals surface area (Å²) in [7, 11) is 0. The zero-order chi connectivity index (χ0) is 61.2. The minimum atomic E-state index is -0.152. The lowest BCUT2D eigenvalue weighted by atomic mass is 10.0. The molecule has 4 amide bonds. The quantitative estimate of drug-likeness (QED) is 0.0444. The minimum absolute atomic E-state index is 0.152. The van der Waals surface area contributed by atoms with Gasteiger partial charge in [-0.25, -0.2) is 0 Å². The van der Waals surface area contributed by atoms with Gasteiger partial charge in [-0.05, 0) is 25.7 Å². The van der Waals surface area contributed by atoms with Crippen molar-refractivity contribution in [3.63, 3.8) is 0 Å². The van der Waals surface area contributed by atoms with Gasteiger partial charge in [0, 0.05) is 25.7 Å². The van der Waals surface area contributed by atoms with Crippen LogP contribution >= 0.6 is 0 Å². The fourth-order valence-corrected chi connectivity index (χ4v) is 12.5. The number of unbranched alkanes of at least 4 members (excludes halogenated alkanes) is 66. The normalized spacial score (nSPS) is 11.3. The molecule has 0 spiro atoms. The first-order valence-corrected chi connectivity index (χ1v) is 38.4. The van der Waals surface area contributed by atoms with E-state index in [4.69, 9.17) is 22.9 Å². The number of carbonyl (C=O) groups excluding carboxylic acids is 4. The summed E-state index contributed by atoms with van der Waals surface area (Å²) in [5, 5.41) is 0. The van der Waals surface area contributed by atoms with Crippen LogP contribution in [-0.2, 0) is 19.2 Å². The van der Waals surface area contributed by atoms with E-state index in [-0.39, 0.29) is 23.6 Å². The van der Waals surface area contributed by atoms with Gasteiger partial charge in [-0.3, -0.25) is 19.2 Å². The van der Waals surface area contributed by atoms with Crippen LogP contribution in [0.5, 0.6) is 0 Å². The highest BCUT2D eigenvalue weighted by atomic mass is 16.2. The summed E-state index contributed by atoms with van der Waals surface area (Å²) < 4.78 is 0. The Morgan fingerprint density at radius 1 is 0.107 bits per heavy atom. The van der Waals surface area contributed by atoms with Crippen LogP contribution in [0.2, 0.25) is 0 Å². The van der Waals surface area contributed by atoms with Gasteiger partial charge in [-0.15, -0.1) is 0 Å². The molecule has 500 valence electrons. The van der Waals surface area contributed by atoms with E-state index in [9.17, 15) is 19.2 Å². The molecule has 0 fully saturated rings. The lowest BCUT2D eigenvalue weighted by molar-refractivity contribution is -0.119. The van der Waals surface area contributed by atoms with Gasteiger partial charge in [0.15, 0.2) is 0 Å². The molecule has 0 heterocycles. The molecule has 0 radical (unpaired) electrons. The van der Waals surface area contributed by atoms with E-state index in [0.717, 1.165) is 51.4 Å². The van der Waals surface area contributed by atoms with Crippen LogP contribution in [0.4, 0.5) is 0 Å². The predicted octanol–water partition coefficient (Wildman–Crippen LogP) is 24.0. The summed E-state index contributed by atoms with van der Waals surface area (Å²) in [6, 6.07) is 0. The second kappa shape index (κ2) is 77.0. The SMILES string of the molecule is NC(=O)CCCCCCCCCCCCCCCCCCCCCCCCCCCCCCCCCCCCC(N)=O.NC(=O)CCCCCCCCCCCCCCCCCCCCCCCCCCCCCCCCCCCCC(N)=O. The van der Waals surface area contributed by atoms with Crippen molar-refractivity contribution in [1.29, 1.82) is 0 Å². The highest BCUT2D eigenvalue weighted by Crippen LogP contribution is 2.20. The summed E-state index contributed by atoms with van der Waals surface area (Å²) in [6.45, 7) is 0. The molecule has 84 heavy (non-hydrogen) atoms. The van der Waals surface area contributed by atoms with Crippen LogP contribution < -0.4 is 22.9 Å². The first kappa shape index (κ1) is 83.9. The molecule has 0 atom stereocenters. The lowest BCUT2D eigenvalue weighted by Gasteiger charge is -2.05. The molecule has 0 bridgehead atoms. The van der Waals surface area contributed by atoms with Crippen molar-refractivity contribution in [2.45, 2.75) is 462 Å². The van der Waals surface area contributed by atoms with Crippen molar-refractivity contribution >= 4 is 23.6 Å². The summed E-state index contributed by atoms with van der Waals surface area (Å²) in [5.74, 6) is -0.608. The van der Waals surface area contributed by atoms with Crippen LogP contribution in [0.3, 0.4) is 0 Å². The van der Waals surface area contributed by atoms with Crippen molar-refractivity contribution in [3.8, 4) is 0 Å². The molecule has 0 aliphatic heterocycles. The predicted molar refractivity (Wildman–Crippen MR) is 369 cm³/mol. The Balaban J connectivity index is 0. The van der Waals surface area contributed by atoms with Crippen molar-refractivity contribution in [3.05, 3.63) is 0 Å². The van der Waals surface area contributed by atoms with E-state index in [1.807, 2.05) is 0 Å². The molecule has 0 aliphatic rings. The maximum atomic E-state index is 10.7. The first-order valence-electron chi connectivity index (χ1n) is 38.4. The summed E-state index contributed by atoms with van der Waals surface area (Å²) in [6.07, 6.45) is 95.8. The smallest absolute Gasteiger partial charge is 0.217 e. The van der Waals surface area contributed by atoms with E-state index in [2.05, 4.69) is 0 Å². The number of hydrogen-bond donors (Lipinski definition) is 4. The van der Waals surface area contributed by atoms with E-state index < -0.39 is 0 Å². The third-order valence-electron chi connectivity index (χ3n) is 18.2. The average Bonchev–Trinajstić information content (AvgIpc) is 3.46. The summed E-state index contributed by atoms with van der Waals surface area (Å²) in [5.41, 5.74) is 20.7. The fourth-order valence-electron chi connectivity index (χ4n) is 12.5. The molecule has 0 saturated heterocycles. The zero-order valence-corrected chi connectivity index (χ0v) is 56.9. The maximum absolute atomic E-state index is 10.7. The van der Waals surface area contributed by atoms with Crippen molar-refractivity contribution in [2.75, 3.05) is 0 Å². The number of hydrogen-bond acceptors (Lipinski definition) is 4. The minimum Gasteiger partial charge on any atom is -0.370 e. The molecular formula is C76H152N4O4. The van der Waals surface area contributed by atoms with Gasteiger partial charge in [0.1, 0.15) is 0 Å². The fraction of sp³-hybridized carbons (Fsp3) is 0.947. The summed E-state index contributed by atoms with van der Waals surface area (Å²) >= 11 is 0. The number of nitrogens with two attached hydrogens (primary N) is 4. The third kappa shape index (κ3) is 86.3. The Labute approximate surface area is 525 Å². The van der Waals surface area contributed by atoms with Gasteiger partial charge in [0.2, 0.25) is 23.6 Å². The number of amides is 4. The van der Waals surface area contributed by atoms with E-state index >= 15 is 0 Å². The highest BCUT2D eigenvalue weighted by molar-refractivity contribution is 5.74. The van der Waals surface area contributed by atoms with E-state index in [1.54, 1.807) is 0 Å². The Hall–Kier alpha value is -2.12. The molecule has 0 rings (SSSR count). The van der Waals surface area contributed by atoms with Crippen LogP contribution in [0.15, 0.2) is 0 Å². The van der Waals surface area contributed by atoms with Crippen LogP contribution in [0, 0.1) is 0 Å². The lowest BCUT2D eigenvalue weighted by Crippen LogP contribution is -2.09. The molecule has 0 aromatic carbocycles. The molecule has 0 aromatic rings. The molecule has 0 unspecified atom stereocenters. The zero-order valence-electron chi connectivity index (χ0n) is 56.9. The van der Waals surface area contributed by atoms with Gasteiger partial charge < -0.3 is 22.9 Å². The van der Waals surface area contributed by atoms with Gasteiger partial charge in [0.05, 0.1) is 0 Å². The topological polar surface area (TPSA) is 172 Å². The van der Waals surface area contributed by atoms with Crippen molar-refractivity contribution < 1.29 is 19.2 Å². The monoisotopic (exact) mass is 1190 g/mol. The Morgan fingerprint density at radius 2 is 0.155 bits per heavy atom. The Morgan fingerprint density at radius 3 is 0.202 bits per heavy atom. The molecule has 8 nitrogen and oxygen atoms in total. The van der Waals surface area contributed by atoms with Gasteiger partial charge in [-0.1, -0.05) is 411 Å². The Kier molecular flexibility index (Phi) is 76.9. The largest absolute Gasteiger partial charge is 0.370 e. The second-order valence-electron chi connectivity index (χ2n) is 26.9. The molecular weight excluding hydrogens is 1030 g/mol. The number of rotatable bonds is 74. The second-order valence-corrected chi connectivity index (χ2v) is 26.9. The molecule has 0 saturated carbocycles. The van der Waals surface area contributed by atoms with Crippen LogP contribution in [0.1, 0.15) is 462 Å². The highest BCUT2D eigenvalue weighted by Gasteiger charge is 2.03. The van der Waals surface area contributed by atoms with Gasteiger partial charge >= 0.3 is 0 Å². The number of primary amides is 4.